The van der Waals surface area contributed by atoms with Crippen LogP contribution in [0.25, 0.3) is 10.9 Å². The van der Waals surface area contributed by atoms with Crippen molar-refractivity contribution in [1.29, 1.82) is 0 Å². The van der Waals surface area contributed by atoms with Gasteiger partial charge in [-0.05, 0) is 61.7 Å². The Balaban J connectivity index is 1.53. The highest BCUT2D eigenvalue weighted by Crippen LogP contribution is 2.19. The molecule has 2 aromatic carbocycles. The van der Waals surface area contributed by atoms with E-state index < -0.39 is 0 Å². The van der Waals surface area contributed by atoms with E-state index in [0.717, 1.165) is 22.0 Å². The largest absolute Gasteiger partial charge is 0.459 e. The van der Waals surface area contributed by atoms with Gasteiger partial charge in [0.2, 0.25) is 5.91 Å². The monoisotopic (exact) mass is 461 g/mol. The van der Waals surface area contributed by atoms with Gasteiger partial charge in [-0.25, -0.2) is 4.39 Å². The van der Waals surface area contributed by atoms with E-state index in [1.165, 1.54) is 23.3 Å². The summed E-state index contributed by atoms with van der Waals surface area (Å²) in [4.78, 5) is 32.8. The van der Waals surface area contributed by atoms with Gasteiger partial charge in [0.25, 0.3) is 5.91 Å². The first-order valence-electron chi connectivity index (χ1n) is 11.3. The number of benzene rings is 2. The molecule has 0 radical (unpaired) electrons. The molecule has 0 bridgehead atoms. The number of aromatic amines is 1. The summed E-state index contributed by atoms with van der Waals surface area (Å²) in [5, 5.41) is 1.12. The second kappa shape index (κ2) is 10.4. The summed E-state index contributed by atoms with van der Waals surface area (Å²) >= 11 is 0. The Bertz CT molecular complexity index is 1250. The maximum Gasteiger partial charge on any atom is 0.290 e. The van der Waals surface area contributed by atoms with Gasteiger partial charge in [0.1, 0.15) is 12.4 Å². The zero-order valence-electron chi connectivity index (χ0n) is 19.3. The van der Waals surface area contributed by atoms with Crippen molar-refractivity contribution >= 4 is 22.7 Å². The van der Waals surface area contributed by atoms with Gasteiger partial charge >= 0.3 is 0 Å². The molecule has 0 saturated carbocycles. The maximum atomic E-state index is 13.4. The number of halogens is 1. The third-order valence-electron chi connectivity index (χ3n) is 5.89. The lowest BCUT2D eigenvalue weighted by molar-refractivity contribution is -0.132. The van der Waals surface area contributed by atoms with Crippen LogP contribution in [0, 0.1) is 5.82 Å². The van der Waals surface area contributed by atoms with Gasteiger partial charge < -0.3 is 19.2 Å². The van der Waals surface area contributed by atoms with Crippen LogP contribution < -0.4 is 0 Å². The van der Waals surface area contributed by atoms with Crippen molar-refractivity contribution in [1.82, 2.24) is 14.8 Å². The first-order valence-corrected chi connectivity index (χ1v) is 11.3. The van der Waals surface area contributed by atoms with Crippen molar-refractivity contribution in [2.75, 3.05) is 13.1 Å². The smallest absolute Gasteiger partial charge is 0.290 e. The van der Waals surface area contributed by atoms with Gasteiger partial charge in [0, 0.05) is 36.2 Å². The van der Waals surface area contributed by atoms with E-state index in [0.29, 0.717) is 19.5 Å². The fourth-order valence-electron chi connectivity index (χ4n) is 3.97. The predicted molar refractivity (Wildman–Crippen MR) is 129 cm³/mol. The normalized spacial score (nSPS) is 11.2. The van der Waals surface area contributed by atoms with E-state index in [2.05, 4.69) is 11.1 Å². The molecule has 2 amide bonds. The van der Waals surface area contributed by atoms with Gasteiger partial charge in [-0.2, -0.15) is 0 Å². The number of hydrogen-bond donors (Lipinski definition) is 1. The molecular weight excluding hydrogens is 433 g/mol. The molecule has 0 aliphatic carbocycles. The summed E-state index contributed by atoms with van der Waals surface area (Å²) in [5.41, 5.74) is 2.98. The highest BCUT2D eigenvalue weighted by atomic mass is 19.1. The maximum absolute atomic E-state index is 13.4. The van der Waals surface area contributed by atoms with E-state index in [4.69, 9.17) is 4.42 Å². The summed E-state index contributed by atoms with van der Waals surface area (Å²) in [6, 6.07) is 17.2. The second-order valence-corrected chi connectivity index (χ2v) is 8.56. The number of furan rings is 1. The average molecular weight is 462 g/mol. The van der Waals surface area contributed by atoms with Crippen LogP contribution in [0.3, 0.4) is 0 Å². The van der Waals surface area contributed by atoms with E-state index >= 15 is 0 Å². The van der Waals surface area contributed by atoms with Crippen LogP contribution in [0.2, 0.25) is 0 Å². The number of nitrogens with zero attached hydrogens (tertiary/aromatic N) is 2. The Kier molecular flexibility index (Phi) is 7.11. The van der Waals surface area contributed by atoms with E-state index in [1.54, 1.807) is 29.2 Å². The molecule has 0 unspecified atom stereocenters. The zero-order chi connectivity index (χ0) is 24.1. The summed E-state index contributed by atoms with van der Waals surface area (Å²) in [6.45, 7) is 4.43. The average Bonchev–Trinajstić information content (AvgIpc) is 3.51. The zero-order valence-corrected chi connectivity index (χ0v) is 19.3. The first-order chi connectivity index (χ1) is 16.4. The van der Waals surface area contributed by atoms with Crippen LogP contribution >= 0.6 is 0 Å². The Morgan fingerprint density at radius 1 is 1.03 bits per heavy atom. The van der Waals surface area contributed by atoms with Crippen LogP contribution in [0.15, 0.2) is 77.5 Å². The van der Waals surface area contributed by atoms with E-state index in [9.17, 15) is 14.0 Å². The van der Waals surface area contributed by atoms with Crippen LogP contribution in [0.5, 0.6) is 0 Å². The number of carbonyl (C=O) groups is 2. The lowest BCUT2D eigenvalue weighted by Gasteiger charge is -2.29. The number of hydrogen-bond acceptors (Lipinski definition) is 3. The van der Waals surface area contributed by atoms with Crippen molar-refractivity contribution in [2.45, 2.75) is 32.9 Å². The van der Waals surface area contributed by atoms with Gasteiger partial charge in [-0.3, -0.25) is 9.59 Å². The molecule has 4 aromatic rings. The molecule has 6 nitrogen and oxygen atoms in total. The molecule has 0 spiro atoms. The fraction of sp³-hybridized carbons (Fsp3) is 0.259. The Labute approximate surface area is 198 Å². The van der Waals surface area contributed by atoms with Gasteiger partial charge in [-0.1, -0.05) is 30.3 Å². The predicted octanol–water partition coefficient (Wildman–Crippen LogP) is 5.02. The number of carbonyl (C=O) groups excluding carboxylic acids is 2. The first kappa shape index (κ1) is 23.3. The van der Waals surface area contributed by atoms with Crippen molar-refractivity contribution in [3.8, 4) is 0 Å². The SMILES string of the molecule is CC(C)N(CC(=O)N(CCc1c[nH]c2ccccc12)Cc1ccc(F)cc1)C(=O)c1ccco1. The van der Waals surface area contributed by atoms with Crippen LogP contribution in [0.1, 0.15) is 35.5 Å². The summed E-state index contributed by atoms with van der Waals surface area (Å²) in [6.07, 6.45) is 4.05. The summed E-state index contributed by atoms with van der Waals surface area (Å²) in [5.74, 6) is -0.634. The number of H-pyrrole nitrogens is 1. The van der Waals surface area contributed by atoms with Crippen molar-refractivity contribution in [2.24, 2.45) is 0 Å². The van der Waals surface area contributed by atoms with Crippen molar-refractivity contribution in [3.63, 3.8) is 0 Å². The lowest BCUT2D eigenvalue weighted by Crippen LogP contribution is -2.46. The number of rotatable bonds is 9. The number of fused-ring (bicyclic) bond motifs is 1. The molecule has 2 aromatic heterocycles. The summed E-state index contributed by atoms with van der Waals surface area (Å²) in [7, 11) is 0. The van der Waals surface area contributed by atoms with Crippen molar-refractivity contribution in [3.05, 3.63) is 95.8 Å². The summed E-state index contributed by atoms with van der Waals surface area (Å²) < 4.78 is 18.7. The Morgan fingerprint density at radius 3 is 2.50 bits per heavy atom. The van der Waals surface area contributed by atoms with Gasteiger partial charge in [-0.15, -0.1) is 0 Å². The quantitative estimate of drug-likeness (QED) is 0.380. The highest BCUT2D eigenvalue weighted by Gasteiger charge is 2.26. The minimum absolute atomic E-state index is 0.0771. The Hall–Kier alpha value is -3.87. The Morgan fingerprint density at radius 2 is 1.79 bits per heavy atom. The lowest BCUT2D eigenvalue weighted by atomic mass is 10.1. The molecule has 0 fully saturated rings. The fourth-order valence-corrected chi connectivity index (χ4v) is 3.97. The minimum atomic E-state index is -0.327. The molecule has 0 atom stereocenters. The standard InChI is InChI=1S/C27H28FN3O3/c1-19(2)31(27(33)25-8-5-15-34-25)18-26(32)30(17-20-9-11-22(28)12-10-20)14-13-21-16-29-24-7-4-3-6-23(21)24/h3-12,15-16,19,29H,13-14,17-18H2,1-2H3. The highest BCUT2D eigenvalue weighted by molar-refractivity contribution is 5.94. The topological polar surface area (TPSA) is 69.6 Å². The van der Waals surface area contributed by atoms with E-state index in [1.807, 2.05) is 38.2 Å². The number of para-hydroxylation sites is 1. The van der Waals surface area contributed by atoms with Crippen LogP contribution in [-0.2, 0) is 17.8 Å². The molecule has 0 saturated heterocycles. The van der Waals surface area contributed by atoms with E-state index in [-0.39, 0.29) is 36.0 Å². The molecule has 1 N–H and O–H groups in total. The third-order valence-corrected chi connectivity index (χ3v) is 5.89. The molecular formula is C27H28FN3O3. The van der Waals surface area contributed by atoms with Crippen LogP contribution in [-0.4, -0.2) is 45.7 Å². The number of aromatic nitrogens is 1. The van der Waals surface area contributed by atoms with Crippen molar-refractivity contribution < 1.29 is 18.4 Å². The molecule has 34 heavy (non-hydrogen) atoms. The molecule has 2 heterocycles. The molecule has 7 heteroatoms. The van der Waals surface area contributed by atoms with Gasteiger partial charge in [0.05, 0.1) is 6.26 Å². The van der Waals surface area contributed by atoms with Crippen LogP contribution in [0.4, 0.5) is 4.39 Å². The van der Waals surface area contributed by atoms with Gasteiger partial charge in [0.15, 0.2) is 5.76 Å². The molecule has 0 aliphatic heterocycles. The number of amides is 2. The molecule has 176 valence electrons. The number of nitrogens with one attached hydrogen (secondary N) is 1. The minimum Gasteiger partial charge on any atom is -0.459 e. The second-order valence-electron chi connectivity index (χ2n) is 8.56. The molecule has 0 aliphatic rings. The third kappa shape index (κ3) is 5.36. The molecule has 4 rings (SSSR count).